The molecule has 0 heterocycles. The third kappa shape index (κ3) is 3.08. The molecule has 2 rings (SSSR count). The average Bonchev–Trinajstić information content (AvgIpc) is 2.41. The van der Waals surface area contributed by atoms with Gasteiger partial charge in [0, 0.05) is 6.04 Å². The Hall–Kier alpha value is -2.08. The zero-order valence-corrected chi connectivity index (χ0v) is 11.0. The van der Waals surface area contributed by atoms with Crippen LogP contribution in [0, 0.1) is 5.92 Å². The summed E-state index contributed by atoms with van der Waals surface area (Å²) in [6.45, 7) is 0. The summed E-state index contributed by atoms with van der Waals surface area (Å²) >= 11 is 0. The number of aromatic hydroxyl groups is 1. The van der Waals surface area contributed by atoms with E-state index in [1.807, 2.05) is 0 Å². The van der Waals surface area contributed by atoms with Crippen LogP contribution in [0.15, 0.2) is 18.2 Å². The Balaban J connectivity index is 2.17. The zero-order chi connectivity index (χ0) is 14.7. The molecule has 108 valence electrons. The number of rotatable bonds is 3. The molecule has 1 aromatic rings. The number of nitrogens with two attached hydrogens (primary N) is 1. The number of anilines is 1. The number of carbonyl (C=O) groups is 2. The number of phenols is 1. The first kappa shape index (κ1) is 14.3. The molecule has 0 spiro atoms. The van der Waals surface area contributed by atoms with Crippen LogP contribution in [0.1, 0.15) is 36.0 Å². The fourth-order valence-electron chi connectivity index (χ4n) is 2.53. The van der Waals surface area contributed by atoms with Gasteiger partial charge in [-0.25, -0.2) is 4.79 Å². The quantitative estimate of drug-likeness (QED) is 0.626. The van der Waals surface area contributed by atoms with E-state index in [4.69, 9.17) is 10.8 Å². The second kappa shape index (κ2) is 5.92. The number of hydrogen-bond acceptors (Lipinski definition) is 4. The Labute approximate surface area is 116 Å². The summed E-state index contributed by atoms with van der Waals surface area (Å²) in [6.07, 6.45) is 3.49. The van der Waals surface area contributed by atoms with Gasteiger partial charge in [0.1, 0.15) is 5.75 Å². The fraction of sp³-hybridized carbons (Fsp3) is 0.429. The van der Waals surface area contributed by atoms with Gasteiger partial charge < -0.3 is 21.3 Å². The molecule has 5 N–H and O–H groups in total. The molecular weight excluding hydrogens is 260 g/mol. The van der Waals surface area contributed by atoms with E-state index in [2.05, 4.69) is 5.32 Å². The van der Waals surface area contributed by atoms with Gasteiger partial charge >= 0.3 is 5.97 Å². The molecule has 1 aromatic carbocycles. The standard InChI is InChI=1S/C14H18N2O4/c15-11-4-2-1-3-9(11)13(18)16-12-6-5-8(17)7-10(12)14(19)20/h5-7,9,11,17H,1-4,15H2,(H,16,18)(H,19,20). The molecule has 0 bridgehead atoms. The molecule has 1 saturated carbocycles. The third-order valence-corrected chi connectivity index (χ3v) is 3.65. The number of amides is 1. The van der Waals surface area contributed by atoms with Crippen molar-refractivity contribution in [3.63, 3.8) is 0 Å². The number of carboxylic acids is 1. The van der Waals surface area contributed by atoms with E-state index >= 15 is 0 Å². The minimum atomic E-state index is -1.20. The van der Waals surface area contributed by atoms with Crippen molar-refractivity contribution < 1.29 is 19.8 Å². The van der Waals surface area contributed by atoms with E-state index in [-0.39, 0.29) is 34.9 Å². The topological polar surface area (TPSA) is 113 Å². The van der Waals surface area contributed by atoms with Crippen LogP contribution in [0.2, 0.25) is 0 Å². The summed E-state index contributed by atoms with van der Waals surface area (Å²) in [5.74, 6) is -1.91. The lowest BCUT2D eigenvalue weighted by molar-refractivity contribution is -0.121. The van der Waals surface area contributed by atoms with E-state index in [1.54, 1.807) is 0 Å². The van der Waals surface area contributed by atoms with Crippen molar-refractivity contribution in [3.8, 4) is 5.75 Å². The van der Waals surface area contributed by atoms with Gasteiger partial charge in [-0.3, -0.25) is 4.79 Å². The van der Waals surface area contributed by atoms with Crippen molar-refractivity contribution in [2.45, 2.75) is 31.7 Å². The first-order valence-corrected chi connectivity index (χ1v) is 6.62. The van der Waals surface area contributed by atoms with Crippen LogP contribution < -0.4 is 11.1 Å². The van der Waals surface area contributed by atoms with Crippen molar-refractivity contribution in [3.05, 3.63) is 23.8 Å². The first-order valence-electron chi connectivity index (χ1n) is 6.62. The lowest BCUT2D eigenvalue weighted by Crippen LogP contribution is -2.40. The van der Waals surface area contributed by atoms with E-state index in [0.29, 0.717) is 6.42 Å². The molecule has 20 heavy (non-hydrogen) atoms. The molecule has 6 nitrogen and oxygen atoms in total. The number of nitrogens with one attached hydrogen (secondary N) is 1. The molecule has 2 unspecified atom stereocenters. The van der Waals surface area contributed by atoms with Gasteiger partial charge in [0.25, 0.3) is 0 Å². The molecular formula is C14H18N2O4. The van der Waals surface area contributed by atoms with Crippen molar-refractivity contribution in [1.82, 2.24) is 0 Å². The van der Waals surface area contributed by atoms with Crippen LogP contribution in [-0.4, -0.2) is 28.1 Å². The van der Waals surface area contributed by atoms with E-state index in [9.17, 15) is 14.7 Å². The number of carbonyl (C=O) groups excluding carboxylic acids is 1. The Morgan fingerprint density at radius 2 is 1.95 bits per heavy atom. The van der Waals surface area contributed by atoms with Gasteiger partial charge in [0.05, 0.1) is 17.2 Å². The van der Waals surface area contributed by atoms with Gasteiger partial charge in [-0.2, -0.15) is 0 Å². The highest BCUT2D eigenvalue weighted by molar-refractivity contribution is 6.01. The fourth-order valence-corrected chi connectivity index (χ4v) is 2.53. The number of benzene rings is 1. The minimum absolute atomic E-state index is 0.136. The summed E-state index contributed by atoms with van der Waals surface area (Å²) < 4.78 is 0. The number of phenolic OH excluding ortho intramolecular Hbond substituents is 1. The van der Waals surface area contributed by atoms with Gasteiger partial charge in [0.2, 0.25) is 5.91 Å². The van der Waals surface area contributed by atoms with E-state index in [1.165, 1.54) is 12.1 Å². The van der Waals surface area contributed by atoms with Crippen molar-refractivity contribution in [1.29, 1.82) is 0 Å². The lowest BCUT2D eigenvalue weighted by atomic mass is 9.84. The first-order chi connectivity index (χ1) is 9.49. The van der Waals surface area contributed by atoms with E-state index in [0.717, 1.165) is 25.3 Å². The molecule has 1 amide bonds. The number of hydrogen-bond donors (Lipinski definition) is 4. The van der Waals surface area contributed by atoms with Crippen molar-refractivity contribution in [2.75, 3.05) is 5.32 Å². The van der Waals surface area contributed by atoms with Crippen molar-refractivity contribution >= 4 is 17.6 Å². The molecule has 1 fully saturated rings. The van der Waals surface area contributed by atoms with Gasteiger partial charge in [0.15, 0.2) is 0 Å². The second-order valence-corrected chi connectivity index (χ2v) is 5.08. The Morgan fingerprint density at radius 3 is 2.60 bits per heavy atom. The summed E-state index contributed by atoms with van der Waals surface area (Å²) in [6, 6.07) is 3.64. The van der Waals surface area contributed by atoms with E-state index < -0.39 is 5.97 Å². The van der Waals surface area contributed by atoms with Crippen LogP contribution in [-0.2, 0) is 4.79 Å². The highest BCUT2D eigenvalue weighted by Crippen LogP contribution is 2.26. The molecule has 0 aromatic heterocycles. The predicted octanol–water partition coefficient (Wildman–Crippen LogP) is 1.55. The summed E-state index contributed by atoms with van der Waals surface area (Å²) in [5, 5.41) is 21.0. The smallest absolute Gasteiger partial charge is 0.337 e. The molecule has 0 radical (unpaired) electrons. The molecule has 6 heteroatoms. The highest BCUT2D eigenvalue weighted by Gasteiger charge is 2.29. The maximum atomic E-state index is 12.2. The Bertz CT molecular complexity index is 530. The molecule has 2 atom stereocenters. The molecule has 0 aliphatic heterocycles. The van der Waals surface area contributed by atoms with Crippen LogP contribution in [0.25, 0.3) is 0 Å². The van der Waals surface area contributed by atoms with Crippen LogP contribution in [0.4, 0.5) is 5.69 Å². The minimum Gasteiger partial charge on any atom is -0.508 e. The van der Waals surface area contributed by atoms with Crippen LogP contribution in [0.3, 0.4) is 0 Å². The van der Waals surface area contributed by atoms with Crippen molar-refractivity contribution in [2.24, 2.45) is 11.7 Å². The van der Waals surface area contributed by atoms with Crippen LogP contribution in [0.5, 0.6) is 5.75 Å². The summed E-state index contributed by atoms with van der Waals surface area (Å²) in [4.78, 5) is 23.3. The monoisotopic (exact) mass is 278 g/mol. The average molecular weight is 278 g/mol. The summed E-state index contributed by atoms with van der Waals surface area (Å²) in [5.41, 5.74) is 5.98. The molecule has 1 aliphatic carbocycles. The molecule has 1 aliphatic rings. The third-order valence-electron chi connectivity index (χ3n) is 3.65. The second-order valence-electron chi connectivity index (χ2n) is 5.08. The SMILES string of the molecule is NC1CCCCC1C(=O)Nc1ccc(O)cc1C(=O)O. The van der Waals surface area contributed by atoms with Gasteiger partial charge in [-0.05, 0) is 31.0 Å². The highest BCUT2D eigenvalue weighted by atomic mass is 16.4. The zero-order valence-electron chi connectivity index (χ0n) is 11.0. The molecule has 0 saturated heterocycles. The Morgan fingerprint density at radius 1 is 1.25 bits per heavy atom. The number of aromatic carboxylic acids is 1. The largest absolute Gasteiger partial charge is 0.508 e. The van der Waals surface area contributed by atoms with Gasteiger partial charge in [-0.15, -0.1) is 0 Å². The summed E-state index contributed by atoms with van der Waals surface area (Å²) in [7, 11) is 0. The normalized spacial score (nSPS) is 22.2. The predicted molar refractivity (Wildman–Crippen MR) is 73.6 cm³/mol. The number of carboxylic acid groups (broad SMARTS) is 1. The van der Waals surface area contributed by atoms with Gasteiger partial charge in [-0.1, -0.05) is 12.8 Å². The van der Waals surface area contributed by atoms with Crippen LogP contribution >= 0.6 is 0 Å². The lowest BCUT2D eigenvalue weighted by Gasteiger charge is -2.27. The maximum absolute atomic E-state index is 12.2. The Kier molecular flexibility index (Phi) is 4.24. The maximum Gasteiger partial charge on any atom is 0.337 e.